The van der Waals surface area contributed by atoms with Crippen molar-refractivity contribution < 1.29 is 14.3 Å². The molecule has 1 aromatic heterocycles. The van der Waals surface area contributed by atoms with Gasteiger partial charge in [-0.25, -0.2) is 4.39 Å². The second-order valence-electron chi connectivity index (χ2n) is 9.80. The summed E-state index contributed by atoms with van der Waals surface area (Å²) >= 11 is 3.45. The number of hydrogen-bond acceptors (Lipinski definition) is 3. The summed E-state index contributed by atoms with van der Waals surface area (Å²) in [6, 6.07) is 7.37. The molecule has 2 heterocycles. The van der Waals surface area contributed by atoms with Crippen LogP contribution in [0.15, 0.2) is 57.7 Å². The standard InChI is InChI=1S/C29H32BrFN2O2/c1-18(21-10-8-20(9-11-21)14-29(34)35)6-7-19(2)22-12-13-24(25(31)15-22)26-4-3-5-27-28(33-26)16-23(30)17-32-27/h6-7,12-13,15-17,20-21H,3-5,8-11,14H2,1-2H3,(H,34,35). The molecule has 1 aromatic carbocycles. The minimum absolute atomic E-state index is 0.252. The first-order valence-electron chi connectivity index (χ1n) is 12.4. The Morgan fingerprint density at radius 2 is 1.91 bits per heavy atom. The molecule has 2 aliphatic rings. The molecule has 2 aromatic rings. The highest BCUT2D eigenvalue weighted by Gasteiger charge is 2.23. The first kappa shape index (κ1) is 25.5. The Kier molecular flexibility index (Phi) is 8.32. The van der Waals surface area contributed by atoms with Crippen LogP contribution >= 0.6 is 15.9 Å². The quantitative estimate of drug-likeness (QED) is 0.378. The Balaban J connectivity index is 1.47. The fourth-order valence-electron chi connectivity index (χ4n) is 5.12. The molecular weight excluding hydrogens is 507 g/mol. The average molecular weight is 539 g/mol. The first-order valence-corrected chi connectivity index (χ1v) is 13.2. The van der Waals surface area contributed by atoms with Crippen LogP contribution in [0.1, 0.15) is 75.6 Å². The van der Waals surface area contributed by atoms with E-state index in [1.54, 1.807) is 12.3 Å². The highest BCUT2D eigenvalue weighted by molar-refractivity contribution is 9.10. The third kappa shape index (κ3) is 6.54. The van der Waals surface area contributed by atoms with Crippen molar-refractivity contribution in [1.82, 2.24) is 4.98 Å². The number of carboxylic acids is 1. The van der Waals surface area contributed by atoms with Gasteiger partial charge in [-0.15, -0.1) is 0 Å². The minimum atomic E-state index is -0.696. The van der Waals surface area contributed by atoms with E-state index in [-0.39, 0.29) is 12.2 Å². The maximum absolute atomic E-state index is 15.2. The smallest absolute Gasteiger partial charge is 0.303 e. The molecule has 0 unspecified atom stereocenters. The third-order valence-electron chi connectivity index (χ3n) is 7.28. The molecule has 0 amide bonds. The Labute approximate surface area is 215 Å². The summed E-state index contributed by atoms with van der Waals surface area (Å²) in [5.74, 6) is -0.148. The number of aryl methyl sites for hydroxylation is 1. The number of pyridine rings is 1. The second kappa shape index (κ2) is 11.4. The Morgan fingerprint density at radius 1 is 1.14 bits per heavy atom. The van der Waals surface area contributed by atoms with Crippen LogP contribution in [0.3, 0.4) is 0 Å². The summed E-state index contributed by atoms with van der Waals surface area (Å²) in [6.45, 7) is 4.15. The zero-order valence-electron chi connectivity index (χ0n) is 20.4. The molecule has 1 aliphatic heterocycles. The summed E-state index contributed by atoms with van der Waals surface area (Å²) in [5.41, 5.74) is 6.26. The van der Waals surface area contributed by atoms with Crippen molar-refractivity contribution in [3.05, 3.63) is 75.3 Å². The summed E-state index contributed by atoms with van der Waals surface area (Å²) < 4.78 is 16.1. The van der Waals surface area contributed by atoms with E-state index >= 15 is 4.39 Å². The van der Waals surface area contributed by atoms with Crippen molar-refractivity contribution in [3.63, 3.8) is 0 Å². The van der Waals surface area contributed by atoms with Gasteiger partial charge >= 0.3 is 5.97 Å². The Morgan fingerprint density at radius 3 is 2.63 bits per heavy atom. The van der Waals surface area contributed by atoms with Gasteiger partial charge in [-0.05, 0) is 116 Å². The van der Waals surface area contributed by atoms with Crippen LogP contribution < -0.4 is 0 Å². The van der Waals surface area contributed by atoms with Crippen molar-refractivity contribution >= 4 is 38.9 Å². The van der Waals surface area contributed by atoms with Gasteiger partial charge in [0.1, 0.15) is 5.82 Å². The van der Waals surface area contributed by atoms with Gasteiger partial charge < -0.3 is 5.11 Å². The van der Waals surface area contributed by atoms with Crippen LogP contribution in [0.2, 0.25) is 0 Å². The zero-order valence-corrected chi connectivity index (χ0v) is 21.9. The number of aromatic nitrogens is 1. The summed E-state index contributed by atoms with van der Waals surface area (Å²) in [6.07, 6.45) is 12.7. The highest BCUT2D eigenvalue weighted by atomic mass is 79.9. The van der Waals surface area contributed by atoms with E-state index in [4.69, 9.17) is 10.1 Å². The van der Waals surface area contributed by atoms with Crippen LogP contribution in [0.4, 0.5) is 10.1 Å². The van der Waals surface area contributed by atoms with Gasteiger partial charge in [-0.1, -0.05) is 23.8 Å². The molecule has 0 radical (unpaired) electrons. The lowest BCUT2D eigenvalue weighted by atomic mass is 9.77. The molecule has 6 heteroatoms. The molecule has 1 fully saturated rings. The average Bonchev–Trinajstić information content (AvgIpc) is 3.04. The molecule has 184 valence electrons. The first-order chi connectivity index (χ1) is 16.8. The fourth-order valence-corrected chi connectivity index (χ4v) is 5.44. The maximum atomic E-state index is 15.2. The summed E-state index contributed by atoms with van der Waals surface area (Å²) in [5, 5.41) is 9.01. The predicted molar refractivity (Wildman–Crippen MR) is 143 cm³/mol. The van der Waals surface area contributed by atoms with Crippen LogP contribution in [0.5, 0.6) is 0 Å². The van der Waals surface area contributed by atoms with Crippen LogP contribution in [-0.2, 0) is 11.2 Å². The van der Waals surface area contributed by atoms with Crippen LogP contribution in [-0.4, -0.2) is 21.8 Å². The van der Waals surface area contributed by atoms with Crippen molar-refractivity contribution in [2.24, 2.45) is 16.8 Å². The van der Waals surface area contributed by atoms with Crippen LogP contribution in [0, 0.1) is 17.7 Å². The van der Waals surface area contributed by atoms with Gasteiger partial charge in [0, 0.05) is 22.7 Å². The maximum Gasteiger partial charge on any atom is 0.303 e. The van der Waals surface area contributed by atoms with Gasteiger partial charge in [0.05, 0.1) is 17.1 Å². The summed E-state index contributed by atoms with van der Waals surface area (Å²) in [7, 11) is 0. The number of aliphatic carboxylic acids is 1. The van der Waals surface area contributed by atoms with E-state index in [2.05, 4.69) is 40.0 Å². The van der Waals surface area contributed by atoms with E-state index in [9.17, 15) is 4.79 Å². The van der Waals surface area contributed by atoms with Crippen LogP contribution in [0.25, 0.3) is 5.57 Å². The second-order valence-corrected chi connectivity index (χ2v) is 10.7. The molecule has 0 spiro atoms. The van der Waals surface area contributed by atoms with Crippen molar-refractivity contribution in [2.75, 3.05) is 0 Å². The number of halogens is 2. The lowest BCUT2D eigenvalue weighted by molar-refractivity contribution is -0.138. The molecule has 35 heavy (non-hydrogen) atoms. The molecule has 4 rings (SSSR count). The predicted octanol–water partition coefficient (Wildman–Crippen LogP) is 8.07. The Bertz CT molecular complexity index is 1190. The Hall–Kier alpha value is -2.60. The molecule has 0 saturated heterocycles. The third-order valence-corrected chi connectivity index (χ3v) is 7.72. The molecule has 0 bridgehead atoms. The molecule has 4 nitrogen and oxygen atoms in total. The molecule has 0 atom stereocenters. The SMILES string of the molecule is CC(=CC=C(C)C1CCC(CC(=O)O)CC1)c1ccc(C2=Nc3cc(Br)cnc3CCC2)c(F)c1. The van der Waals surface area contributed by atoms with Gasteiger partial charge in [-0.2, -0.15) is 0 Å². The fraction of sp³-hybridized carbons (Fsp3) is 0.414. The highest BCUT2D eigenvalue weighted by Crippen LogP contribution is 2.35. The molecule has 1 saturated carbocycles. The monoisotopic (exact) mass is 538 g/mol. The van der Waals surface area contributed by atoms with Gasteiger partial charge in [0.25, 0.3) is 0 Å². The number of carbonyl (C=O) groups is 1. The van der Waals surface area contributed by atoms with Crippen molar-refractivity contribution in [2.45, 2.75) is 65.2 Å². The number of nitrogens with zero attached hydrogens (tertiary/aromatic N) is 2. The number of carboxylic acid groups (broad SMARTS) is 1. The number of rotatable bonds is 6. The van der Waals surface area contributed by atoms with E-state index in [0.29, 0.717) is 17.4 Å². The molecule has 1 N–H and O–H groups in total. The van der Waals surface area contributed by atoms with Crippen molar-refractivity contribution in [3.8, 4) is 0 Å². The number of hydrogen-bond donors (Lipinski definition) is 1. The lowest BCUT2D eigenvalue weighted by Crippen LogP contribution is -2.17. The van der Waals surface area contributed by atoms with Gasteiger partial charge in [-0.3, -0.25) is 14.8 Å². The number of fused-ring (bicyclic) bond motifs is 1. The topological polar surface area (TPSA) is 62.5 Å². The normalized spacial score (nSPS) is 21.2. The van der Waals surface area contributed by atoms with Gasteiger partial charge in [0.2, 0.25) is 0 Å². The molecular formula is C29H32BrFN2O2. The number of allylic oxidation sites excluding steroid dienone is 4. The van der Waals surface area contributed by atoms with E-state index in [1.807, 2.05) is 25.1 Å². The van der Waals surface area contributed by atoms with E-state index < -0.39 is 5.97 Å². The number of benzene rings is 1. The lowest BCUT2D eigenvalue weighted by Gasteiger charge is -2.28. The zero-order chi connectivity index (χ0) is 24.9. The molecule has 1 aliphatic carbocycles. The largest absolute Gasteiger partial charge is 0.481 e. The minimum Gasteiger partial charge on any atom is -0.481 e. The van der Waals surface area contributed by atoms with Crippen molar-refractivity contribution in [1.29, 1.82) is 0 Å². The van der Waals surface area contributed by atoms with E-state index in [0.717, 1.165) is 77.6 Å². The van der Waals surface area contributed by atoms with E-state index in [1.165, 1.54) is 5.57 Å². The number of aliphatic imine (C=N–C) groups is 1. The van der Waals surface area contributed by atoms with Gasteiger partial charge in [0.15, 0.2) is 0 Å². The summed E-state index contributed by atoms with van der Waals surface area (Å²) in [4.78, 5) is 20.2.